The van der Waals surface area contributed by atoms with Crippen LogP contribution in [-0.4, -0.2) is 18.4 Å². The van der Waals surface area contributed by atoms with Crippen molar-refractivity contribution < 1.29 is 8.42 Å². The van der Waals surface area contributed by atoms with Gasteiger partial charge in [-0.15, -0.1) is 0 Å². The number of nitrogens with one attached hydrogen (secondary N) is 1. The maximum Gasteiger partial charge on any atom is 0.253 e. The summed E-state index contributed by atoms with van der Waals surface area (Å²) >= 11 is 1.09. The maximum atomic E-state index is 11.2. The van der Waals surface area contributed by atoms with Crippen LogP contribution in [0.5, 0.6) is 0 Å². The molecule has 0 amide bonds. The van der Waals surface area contributed by atoms with Crippen molar-refractivity contribution in [2.75, 3.05) is 11.5 Å². The van der Waals surface area contributed by atoms with Crippen LogP contribution in [0, 0.1) is 0 Å². The summed E-state index contributed by atoms with van der Waals surface area (Å²) < 4.78 is 22.5. The number of hydrogen-bond donors (Lipinski definition) is 4. The Morgan fingerprint density at radius 1 is 1.20 bits per heavy atom. The molecule has 0 unspecified atom stereocenters. The summed E-state index contributed by atoms with van der Waals surface area (Å²) in [5.74, 6) is 0.0883. The van der Waals surface area contributed by atoms with Crippen molar-refractivity contribution in [2.24, 2.45) is 5.14 Å². The molecule has 8 nitrogen and oxygen atoms in total. The zero-order chi connectivity index (χ0) is 14.9. The Morgan fingerprint density at radius 3 is 2.45 bits per heavy atom. The Morgan fingerprint density at radius 2 is 1.90 bits per heavy atom. The molecule has 106 valence electrons. The number of anilines is 2. The van der Waals surface area contributed by atoms with Crippen LogP contribution < -0.4 is 22.2 Å². The van der Waals surface area contributed by atoms with E-state index in [1.807, 2.05) is 0 Å². The van der Waals surface area contributed by atoms with E-state index in [1.54, 1.807) is 0 Å². The summed E-state index contributed by atoms with van der Waals surface area (Å²) in [4.78, 5) is 18.1. The van der Waals surface area contributed by atoms with Crippen LogP contribution in [0.1, 0.15) is 0 Å². The third kappa shape index (κ3) is 3.29. The van der Waals surface area contributed by atoms with Gasteiger partial charge in [0.05, 0.1) is 5.69 Å². The first-order valence-corrected chi connectivity index (χ1v) is 7.59. The number of rotatable bonds is 3. The number of benzene rings is 1. The van der Waals surface area contributed by atoms with Gasteiger partial charge in [-0.1, -0.05) is 11.8 Å². The van der Waals surface area contributed by atoms with Crippen LogP contribution in [0.2, 0.25) is 0 Å². The van der Waals surface area contributed by atoms with Gasteiger partial charge in [0.15, 0.2) is 5.16 Å². The number of aromatic nitrogens is 2. The molecule has 2 aromatic rings. The molecule has 0 aliphatic carbocycles. The summed E-state index contributed by atoms with van der Waals surface area (Å²) in [6.07, 6.45) is 0. The predicted molar refractivity (Wildman–Crippen MR) is 75.6 cm³/mol. The third-order valence-corrected chi connectivity index (χ3v) is 4.10. The number of nitrogens with two attached hydrogens (primary N) is 3. The molecule has 20 heavy (non-hydrogen) atoms. The van der Waals surface area contributed by atoms with E-state index in [1.165, 1.54) is 18.2 Å². The largest absolute Gasteiger partial charge is 0.398 e. The monoisotopic (exact) mass is 313 g/mol. The number of sulfonamides is 1. The molecular weight excluding hydrogens is 302 g/mol. The van der Waals surface area contributed by atoms with Gasteiger partial charge in [-0.3, -0.25) is 4.79 Å². The molecular formula is C10H11N5O3S2. The number of nitrogens with zero attached hydrogens (tertiary/aromatic N) is 1. The van der Waals surface area contributed by atoms with E-state index in [4.69, 9.17) is 16.6 Å². The zero-order valence-corrected chi connectivity index (χ0v) is 11.7. The summed E-state index contributed by atoms with van der Waals surface area (Å²) in [6.45, 7) is 0. The SMILES string of the molecule is Nc1cc(=O)[nH]c(Sc2ccc(S(N)(=O)=O)c(N)c2)n1. The molecule has 0 saturated heterocycles. The smallest absolute Gasteiger partial charge is 0.253 e. The van der Waals surface area contributed by atoms with Crippen LogP contribution in [0.3, 0.4) is 0 Å². The lowest BCUT2D eigenvalue weighted by Gasteiger charge is -2.06. The van der Waals surface area contributed by atoms with Crippen LogP contribution in [0.25, 0.3) is 0 Å². The minimum Gasteiger partial charge on any atom is -0.398 e. The molecule has 10 heteroatoms. The van der Waals surface area contributed by atoms with Crippen molar-refractivity contribution in [3.05, 3.63) is 34.6 Å². The van der Waals surface area contributed by atoms with Gasteiger partial charge in [-0.25, -0.2) is 18.5 Å². The second kappa shape index (κ2) is 5.15. The molecule has 0 aliphatic heterocycles. The molecule has 0 radical (unpaired) electrons. The van der Waals surface area contributed by atoms with Gasteiger partial charge >= 0.3 is 0 Å². The van der Waals surface area contributed by atoms with E-state index in [2.05, 4.69) is 9.97 Å². The van der Waals surface area contributed by atoms with Crippen molar-refractivity contribution in [1.29, 1.82) is 0 Å². The number of primary sulfonamides is 1. The second-order valence-corrected chi connectivity index (χ2v) is 6.41. The highest BCUT2D eigenvalue weighted by atomic mass is 32.2. The van der Waals surface area contributed by atoms with Crippen molar-refractivity contribution in [3.8, 4) is 0 Å². The fourth-order valence-electron chi connectivity index (χ4n) is 1.46. The van der Waals surface area contributed by atoms with Crippen LogP contribution in [0.4, 0.5) is 11.5 Å². The van der Waals surface area contributed by atoms with Gasteiger partial charge in [0.25, 0.3) is 5.56 Å². The fraction of sp³-hybridized carbons (Fsp3) is 0. The molecule has 0 fully saturated rings. The van der Waals surface area contributed by atoms with Crippen LogP contribution in [0.15, 0.2) is 44.0 Å². The van der Waals surface area contributed by atoms with Crippen molar-refractivity contribution in [1.82, 2.24) is 9.97 Å². The summed E-state index contributed by atoms with van der Waals surface area (Å²) in [5.41, 5.74) is 10.7. The molecule has 1 aromatic heterocycles. The first kappa shape index (κ1) is 14.4. The minimum absolute atomic E-state index is 0.0174. The van der Waals surface area contributed by atoms with E-state index < -0.39 is 10.0 Å². The highest BCUT2D eigenvalue weighted by molar-refractivity contribution is 7.99. The maximum absolute atomic E-state index is 11.2. The molecule has 0 aliphatic rings. The van der Waals surface area contributed by atoms with Crippen LogP contribution in [-0.2, 0) is 10.0 Å². The standard InChI is InChI=1S/C10H11N5O3S2/c11-6-3-5(1-2-7(6)20(13,17)18)19-10-14-8(12)4-9(16)15-10/h1-4H,11H2,(H2,13,17,18)(H3,12,14,15,16). The van der Waals surface area contributed by atoms with Crippen molar-refractivity contribution in [2.45, 2.75) is 14.9 Å². The van der Waals surface area contributed by atoms with Gasteiger partial charge in [0, 0.05) is 11.0 Å². The van der Waals surface area contributed by atoms with Gasteiger partial charge in [-0.2, -0.15) is 0 Å². The quantitative estimate of drug-likeness (QED) is 0.448. The van der Waals surface area contributed by atoms with E-state index in [0.717, 1.165) is 17.8 Å². The Hall–Kier alpha value is -2.04. The zero-order valence-electron chi connectivity index (χ0n) is 10.0. The number of aromatic amines is 1. The molecule has 7 N–H and O–H groups in total. The molecule has 1 heterocycles. The molecule has 0 bridgehead atoms. The lowest BCUT2D eigenvalue weighted by Crippen LogP contribution is -2.14. The summed E-state index contributed by atoms with van der Waals surface area (Å²) in [5, 5.41) is 5.28. The van der Waals surface area contributed by atoms with E-state index >= 15 is 0 Å². The molecule has 2 rings (SSSR count). The first-order chi connectivity index (χ1) is 9.25. The number of nitrogen functional groups attached to an aromatic ring is 2. The van der Waals surface area contributed by atoms with Crippen molar-refractivity contribution in [3.63, 3.8) is 0 Å². The average molecular weight is 313 g/mol. The van der Waals surface area contributed by atoms with E-state index in [0.29, 0.717) is 4.90 Å². The third-order valence-electron chi connectivity index (χ3n) is 2.24. The molecule has 1 aromatic carbocycles. The van der Waals surface area contributed by atoms with Gasteiger partial charge in [-0.05, 0) is 18.2 Å². The summed E-state index contributed by atoms with van der Waals surface area (Å²) in [6, 6.07) is 5.37. The first-order valence-electron chi connectivity index (χ1n) is 5.23. The Kier molecular flexibility index (Phi) is 3.70. The second-order valence-electron chi connectivity index (χ2n) is 3.82. The molecule has 0 atom stereocenters. The number of hydrogen-bond acceptors (Lipinski definition) is 7. The topological polar surface area (TPSA) is 158 Å². The number of H-pyrrole nitrogens is 1. The van der Waals surface area contributed by atoms with Gasteiger partial charge < -0.3 is 16.5 Å². The lowest BCUT2D eigenvalue weighted by molar-refractivity contribution is 0.598. The fourth-order valence-corrected chi connectivity index (χ4v) is 2.96. The van der Waals surface area contributed by atoms with E-state index in [9.17, 15) is 13.2 Å². The normalized spacial score (nSPS) is 11.4. The molecule has 0 spiro atoms. The Balaban J connectivity index is 2.36. The highest BCUT2D eigenvalue weighted by Crippen LogP contribution is 2.28. The highest BCUT2D eigenvalue weighted by Gasteiger charge is 2.13. The molecule has 0 saturated carbocycles. The minimum atomic E-state index is -3.86. The summed E-state index contributed by atoms with van der Waals surface area (Å²) in [7, 11) is -3.86. The average Bonchev–Trinajstić information content (AvgIpc) is 2.25. The Labute approximate surface area is 118 Å². The van der Waals surface area contributed by atoms with Crippen LogP contribution >= 0.6 is 11.8 Å². The van der Waals surface area contributed by atoms with E-state index in [-0.39, 0.29) is 27.1 Å². The van der Waals surface area contributed by atoms with Gasteiger partial charge in [0.2, 0.25) is 10.0 Å². The Bertz CT molecular complexity index is 816. The van der Waals surface area contributed by atoms with Crippen molar-refractivity contribution >= 4 is 33.3 Å². The lowest BCUT2D eigenvalue weighted by atomic mass is 10.3. The predicted octanol–water partition coefficient (Wildman–Crippen LogP) is -0.267. The van der Waals surface area contributed by atoms with Gasteiger partial charge in [0.1, 0.15) is 10.7 Å².